The zero-order valence-corrected chi connectivity index (χ0v) is 17.4. The maximum atomic E-state index is 13.1. The number of H-pyrrole nitrogens is 1. The van der Waals surface area contributed by atoms with Crippen LogP contribution in [-0.4, -0.2) is 44.1 Å². The number of carboxylic acids is 1. The van der Waals surface area contributed by atoms with Crippen LogP contribution in [0.25, 0.3) is 0 Å². The molecule has 1 aromatic heterocycles. The highest BCUT2D eigenvalue weighted by Gasteiger charge is 2.71. The number of imide groups is 1. The van der Waals surface area contributed by atoms with E-state index in [9.17, 15) is 24.3 Å². The molecule has 2 saturated carbocycles. The molecule has 2 aliphatic carbocycles. The number of aromatic nitrogens is 1. The molecule has 0 radical (unpaired) electrons. The van der Waals surface area contributed by atoms with Crippen LogP contribution in [0.4, 0.5) is 0 Å². The lowest BCUT2D eigenvalue weighted by Gasteiger charge is -2.48. The topological polar surface area (TPSA) is 108 Å². The van der Waals surface area contributed by atoms with Crippen LogP contribution in [0.3, 0.4) is 0 Å². The summed E-state index contributed by atoms with van der Waals surface area (Å²) < 4.78 is 0. The van der Waals surface area contributed by atoms with Gasteiger partial charge in [0.05, 0.1) is 16.9 Å². The van der Waals surface area contributed by atoms with Gasteiger partial charge in [-0.15, -0.1) is 11.8 Å². The van der Waals surface area contributed by atoms with Crippen molar-refractivity contribution in [2.45, 2.75) is 55.3 Å². The second-order valence-electron chi connectivity index (χ2n) is 8.73. The van der Waals surface area contributed by atoms with Crippen LogP contribution in [0, 0.1) is 29.6 Å². The predicted octanol–water partition coefficient (Wildman–Crippen LogP) is 1.92. The van der Waals surface area contributed by atoms with Crippen molar-refractivity contribution in [3.8, 4) is 0 Å². The molecule has 9 heteroatoms. The molecule has 4 aliphatic rings. The highest BCUT2D eigenvalue weighted by molar-refractivity contribution is 8.00. The van der Waals surface area contributed by atoms with Crippen molar-refractivity contribution >= 4 is 40.9 Å². The lowest BCUT2D eigenvalue weighted by atomic mass is 9.62. The smallest absolute Gasteiger partial charge is 0.326 e. The van der Waals surface area contributed by atoms with Gasteiger partial charge in [0, 0.05) is 15.5 Å². The first-order valence-electron chi connectivity index (χ1n) is 9.70. The highest BCUT2D eigenvalue weighted by atomic mass is 32.2. The number of rotatable bonds is 3. The minimum Gasteiger partial charge on any atom is -0.480 e. The largest absolute Gasteiger partial charge is 0.480 e. The van der Waals surface area contributed by atoms with Gasteiger partial charge in [-0.3, -0.25) is 19.3 Å². The molecule has 150 valence electrons. The summed E-state index contributed by atoms with van der Waals surface area (Å²) in [5.41, 5.74) is -0.214. The Morgan fingerprint density at radius 3 is 2.54 bits per heavy atom. The Labute approximate surface area is 169 Å². The summed E-state index contributed by atoms with van der Waals surface area (Å²) in [5.74, 6) is -2.29. The van der Waals surface area contributed by atoms with Gasteiger partial charge in [-0.2, -0.15) is 0 Å². The summed E-state index contributed by atoms with van der Waals surface area (Å²) in [6.07, 6.45) is 1.69. The Balaban J connectivity index is 1.59. The number of fused-ring (bicyclic) bond motifs is 9. The molecule has 0 unspecified atom stereocenters. The summed E-state index contributed by atoms with van der Waals surface area (Å²) in [7, 11) is 0. The first kappa shape index (κ1) is 18.4. The van der Waals surface area contributed by atoms with Crippen LogP contribution in [-0.2, 0) is 19.8 Å². The number of aliphatic carboxylic acids is 1. The van der Waals surface area contributed by atoms with Crippen molar-refractivity contribution in [2.75, 3.05) is 0 Å². The second-order valence-corrected chi connectivity index (χ2v) is 10.9. The molecule has 5 rings (SSSR count). The zero-order chi connectivity index (χ0) is 20.1. The van der Waals surface area contributed by atoms with Gasteiger partial charge < -0.3 is 10.1 Å². The number of carboxylic acid groups (broad SMARTS) is 1. The van der Waals surface area contributed by atoms with Crippen LogP contribution < -0.4 is 4.87 Å². The first-order chi connectivity index (χ1) is 13.2. The third kappa shape index (κ3) is 2.01. The third-order valence-electron chi connectivity index (χ3n) is 7.74. The molecular formula is C19H22N2O5S2. The van der Waals surface area contributed by atoms with Crippen molar-refractivity contribution in [3.63, 3.8) is 0 Å². The third-order valence-corrected chi connectivity index (χ3v) is 10.5. The lowest BCUT2D eigenvalue weighted by Crippen LogP contribution is -2.49. The van der Waals surface area contributed by atoms with Crippen molar-refractivity contribution in [1.29, 1.82) is 0 Å². The van der Waals surface area contributed by atoms with E-state index < -0.39 is 23.8 Å². The fraction of sp³-hybridized carbons (Fsp3) is 0.684. The summed E-state index contributed by atoms with van der Waals surface area (Å²) in [5, 5.41) is 10.4. The number of nitrogens with zero attached hydrogens (tertiary/aromatic N) is 1. The quantitative estimate of drug-likeness (QED) is 0.721. The maximum absolute atomic E-state index is 13.1. The van der Waals surface area contributed by atoms with E-state index in [1.54, 1.807) is 11.8 Å². The number of carbonyl (C=O) groups excluding carboxylic acids is 2. The van der Waals surface area contributed by atoms with Crippen LogP contribution >= 0.6 is 23.1 Å². The van der Waals surface area contributed by atoms with Gasteiger partial charge in [-0.05, 0) is 37.5 Å². The predicted molar refractivity (Wildman–Crippen MR) is 103 cm³/mol. The Hall–Kier alpha value is -1.61. The van der Waals surface area contributed by atoms with Gasteiger partial charge in [0.25, 0.3) is 0 Å². The molecular weight excluding hydrogens is 400 g/mol. The SMILES string of the molecule is CC[C@]1(C)c2sc(=O)[nH]c2S[C@@H]2[C@H]3C[C@@H]([C@H]4C(=O)N([C@@H](C)C(=O)O)C(=O)[C@H]34)[C@@H]21. The number of carbonyl (C=O) groups is 3. The minimum absolute atomic E-state index is 0.0508. The molecule has 0 spiro atoms. The molecule has 3 heterocycles. The average molecular weight is 423 g/mol. The van der Waals surface area contributed by atoms with E-state index in [1.807, 2.05) is 0 Å². The molecule has 1 aromatic rings. The van der Waals surface area contributed by atoms with Crippen LogP contribution in [0.5, 0.6) is 0 Å². The summed E-state index contributed by atoms with van der Waals surface area (Å²) in [6.45, 7) is 5.70. The van der Waals surface area contributed by atoms with E-state index in [2.05, 4.69) is 18.8 Å². The fourth-order valence-electron chi connectivity index (χ4n) is 6.41. The number of thiazole rings is 1. The minimum atomic E-state index is -1.15. The summed E-state index contributed by atoms with van der Waals surface area (Å²) >= 11 is 2.92. The van der Waals surface area contributed by atoms with Crippen LogP contribution in [0.2, 0.25) is 0 Å². The van der Waals surface area contributed by atoms with Gasteiger partial charge in [0.15, 0.2) is 0 Å². The monoisotopic (exact) mass is 422 g/mol. The zero-order valence-electron chi connectivity index (χ0n) is 15.8. The molecule has 8 atom stereocenters. The Morgan fingerprint density at radius 1 is 1.29 bits per heavy atom. The van der Waals surface area contributed by atoms with E-state index in [0.717, 1.165) is 27.6 Å². The molecule has 7 nitrogen and oxygen atoms in total. The first-order valence-corrected chi connectivity index (χ1v) is 11.4. The maximum Gasteiger partial charge on any atom is 0.326 e. The molecule has 28 heavy (non-hydrogen) atoms. The van der Waals surface area contributed by atoms with Crippen LogP contribution in [0.15, 0.2) is 9.82 Å². The summed E-state index contributed by atoms with van der Waals surface area (Å²) in [6, 6.07) is -1.13. The van der Waals surface area contributed by atoms with Crippen molar-refractivity contribution in [3.05, 3.63) is 14.5 Å². The summed E-state index contributed by atoms with van der Waals surface area (Å²) in [4.78, 5) is 54.6. The highest BCUT2D eigenvalue weighted by Crippen LogP contribution is 2.69. The molecule has 0 aromatic carbocycles. The number of likely N-dealkylation sites (tertiary alicyclic amines) is 1. The van der Waals surface area contributed by atoms with Gasteiger partial charge >= 0.3 is 10.8 Å². The number of hydrogen-bond donors (Lipinski definition) is 2. The number of thioether (sulfide) groups is 1. The number of hydrogen-bond acceptors (Lipinski definition) is 6. The molecule has 2 amide bonds. The van der Waals surface area contributed by atoms with Crippen molar-refractivity contribution < 1.29 is 19.5 Å². The van der Waals surface area contributed by atoms with Crippen LogP contribution in [0.1, 0.15) is 38.5 Å². The standard InChI is InChI=1S/C19H22N2O5S2/c1-4-19(3)11-7-5-8(12(11)27-14-13(19)28-18(26)20-14)10-9(7)15(22)21(16(10)23)6(2)17(24)25/h6-12H,4-5H2,1-3H3,(H,20,26)(H,24,25)/t6-,7-,8-,9+,10+,11-,12+,19-/m0/s1. The average Bonchev–Trinajstić information content (AvgIpc) is 3.36. The van der Waals surface area contributed by atoms with Crippen molar-refractivity contribution in [2.24, 2.45) is 29.6 Å². The normalized spacial score (nSPS) is 41.8. The van der Waals surface area contributed by atoms with Crippen molar-refractivity contribution in [1.82, 2.24) is 9.88 Å². The Kier molecular flexibility index (Phi) is 3.76. The Bertz CT molecular complexity index is 970. The fourth-order valence-corrected chi connectivity index (χ4v) is 9.60. The number of amides is 2. The molecule has 2 bridgehead atoms. The number of aromatic amines is 1. The molecule has 2 aliphatic heterocycles. The molecule has 2 N–H and O–H groups in total. The van der Waals surface area contributed by atoms with E-state index in [1.165, 1.54) is 18.3 Å². The van der Waals surface area contributed by atoms with E-state index >= 15 is 0 Å². The molecule has 3 fully saturated rings. The second kappa shape index (κ2) is 5.72. The van der Waals surface area contributed by atoms with E-state index in [4.69, 9.17) is 0 Å². The van der Waals surface area contributed by atoms with E-state index in [0.29, 0.717) is 0 Å². The molecule has 1 saturated heterocycles. The van der Waals surface area contributed by atoms with E-state index in [-0.39, 0.29) is 45.1 Å². The van der Waals surface area contributed by atoms with Gasteiger partial charge in [-0.1, -0.05) is 25.2 Å². The lowest BCUT2D eigenvalue weighted by molar-refractivity contribution is -0.154. The van der Waals surface area contributed by atoms with Gasteiger partial charge in [0.1, 0.15) is 6.04 Å². The van der Waals surface area contributed by atoms with Gasteiger partial charge in [0.2, 0.25) is 11.8 Å². The number of nitrogens with one attached hydrogen (secondary N) is 1. The Morgan fingerprint density at radius 2 is 1.93 bits per heavy atom. The van der Waals surface area contributed by atoms with Gasteiger partial charge in [-0.25, -0.2) is 4.79 Å².